The number of hydrogen-bond donors (Lipinski definition) is 0. The van der Waals surface area contributed by atoms with Crippen molar-refractivity contribution in [3.05, 3.63) is 65.5 Å². The summed E-state index contributed by atoms with van der Waals surface area (Å²) in [7, 11) is -3.99. The lowest BCUT2D eigenvalue weighted by molar-refractivity contribution is -0.151. The summed E-state index contributed by atoms with van der Waals surface area (Å²) in [5.41, 5.74) is 0.259. The molecule has 0 N–H and O–H groups in total. The van der Waals surface area contributed by atoms with E-state index in [-0.39, 0.29) is 43.0 Å². The van der Waals surface area contributed by atoms with Crippen molar-refractivity contribution in [3.63, 3.8) is 0 Å². The number of carbonyl (C=O) groups excluding carboxylic acids is 1. The Morgan fingerprint density at radius 2 is 1.68 bits per heavy atom. The highest BCUT2D eigenvalue weighted by molar-refractivity contribution is 7.89. The van der Waals surface area contributed by atoms with Crippen LogP contribution >= 0.6 is 0 Å². The summed E-state index contributed by atoms with van der Waals surface area (Å²) in [5.74, 6) is -3.87. The second kappa shape index (κ2) is 8.32. The summed E-state index contributed by atoms with van der Waals surface area (Å²) in [6.45, 7) is -0.111. The van der Waals surface area contributed by atoms with Crippen molar-refractivity contribution < 1.29 is 31.1 Å². The first-order chi connectivity index (χ1) is 13.3. The zero-order chi connectivity index (χ0) is 20.3. The molecule has 1 fully saturated rings. The molecule has 9 heteroatoms. The minimum absolute atomic E-state index is 0.0425. The Bertz CT molecular complexity index is 973. The maximum atomic E-state index is 13.6. The highest BCUT2D eigenvalue weighted by atomic mass is 32.2. The van der Waals surface area contributed by atoms with Crippen LogP contribution in [-0.2, 0) is 26.2 Å². The third kappa shape index (κ3) is 4.36. The quantitative estimate of drug-likeness (QED) is 0.706. The van der Waals surface area contributed by atoms with E-state index in [1.165, 1.54) is 18.2 Å². The van der Waals surface area contributed by atoms with Gasteiger partial charge in [0.2, 0.25) is 10.0 Å². The van der Waals surface area contributed by atoms with Crippen molar-refractivity contribution in [1.29, 1.82) is 0 Å². The Hall–Kier alpha value is -2.39. The fourth-order valence-electron chi connectivity index (χ4n) is 3.00. The first-order valence-electron chi connectivity index (χ1n) is 8.64. The van der Waals surface area contributed by atoms with Crippen molar-refractivity contribution in [2.24, 2.45) is 5.92 Å². The van der Waals surface area contributed by atoms with Gasteiger partial charge in [0, 0.05) is 18.7 Å². The van der Waals surface area contributed by atoms with Gasteiger partial charge in [0.25, 0.3) is 0 Å². The second-order valence-electron chi connectivity index (χ2n) is 6.45. The number of ether oxygens (including phenoxy) is 1. The molecule has 0 radical (unpaired) electrons. The van der Waals surface area contributed by atoms with Crippen LogP contribution in [0.3, 0.4) is 0 Å². The molecule has 3 rings (SSSR count). The van der Waals surface area contributed by atoms with E-state index in [1.807, 2.05) is 0 Å². The van der Waals surface area contributed by atoms with Crippen LogP contribution in [0.2, 0.25) is 0 Å². The van der Waals surface area contributed by atoms with Gasteiger partial charge in [-0.1, -0.05) is 18.2 Å². The number of rotatable bonds is 5. The molecule has 1 heterocycles. The molecule has 0 amide bonds. The SMILES string of the molecule is O=C(OCc1ccccc1F)C1CCN(S(=O)(=O)c2ccc(F)c(F)c2)CC1. The number of carbonyl (C=O) groups is 1. The third-order valence-electron chi connectivity index (χ3n) is 4.64. The standard InChI is InChI=1S/C19H18F3NO4S/c20-16-4-2-1-3-14(16)12-27-19(24)13-7-9-23(10-8-13)28(25,26)15-5-6-17(21)18(22)11-15/h1-6,11,13H,7-10,12H2. The topological polar surface area (TPSA) is 63.7 Å². The van der Waals surface area contributed by atoms with Gasteiger partial charge in [-0.2, -0.15) is 4.31 Å². The zero-order valence-electron chi connectivity index (χ0n) is 14.8. The fourth-order valence-corrected chi connectivity index (χ4v) is 4.48. The van der Waals surface area contributed by atoms with E-state index in [9.17, 15) is 26.4 Å². The molecule has 0 atom stereocenters. The van der Waals surface area contributed by atoms with E-state index in [2.05, 4.69) is 0 Å². The zero-order valence-corrected chi connectivity index (χ0v) is 15.6. The van der Waals surface area contributed by atoms with Crippen LogP contribution in [0.4, 0.5) is 13.2 Å². The van der Waals surface area contributed by atoms with Crippen molar-refractivity contribution >= 4 is 16.0 Å². The van der Waals surface area contributed by atoms with Crippen LogP contribution < -0.4 is 0 Å². The lowest BCUT2D eigenvalue weighted by atomic mass is 9.98. The molecule has 1 aliphatic heterocycles. The molecule has 1 saturated heterocycles. The van der Waals surface area contributed by atoms with E-state index in [0.29, 0.717) is 6.07 Å². The molecule has 0 unspecified atom stereocenters. The van der Waals surface area contributed by atoms with E-state index in [1.54, 1.807) is 6.07 Å². The van der Waals surface area contributed by atoms with Crippen molar-refractivity contribution in [2.45, 2.75) is 24.3 Å². The third-order valence-corrected chi connectivity index (χ3v) is 6.54. The largest absolute Gasteiger partial charge is 0.460 e. The number of nitrogens with zero attached hydrogens (tertiary/aromatic N) is 1. The molecule has 0 bridgehead atoms. The molecular weight excluding hydrogens is 395 g/mol. The first kappa shape index (κ1) is 20.3. The number of esters is 1. The maximum Gasteiger partial charge on any atom is 0.309 e. The molecule has 2 aromatic rings. The Morgan fingerprint density at radius 1 is 1.00 bits per heavy atom. The highest BCUT2D eigenvalue weighted by Gasteiger charge is 2.33. The monoisotopic (exact) mass is 413 g/mol. The van der Waals surface area contributed by atoms with Gasteiger partial charge < -0.3 is 4.74 Å². The van der Waals surface area contributed by atoms with Gasteiger partial charge in [-0.3, -0.25) is 4.79 Å². The summed E-state index contributed by atoms with van der Waals surface area (Å²) in [6, 6.07) is 8.35. The number of hydrogen-bond acceptors (Lipinski definition) is 4. The van der Waals surface area contributed by atoms with E-state index >= 15 is 0 Å². The average Bonchev–Trinajstić information content (AvgIpc) is 2.69. The van der Waals surface area contributed by atoms with Crippen molar-refractivity contribution in [2.75, 3.05) is 13.1 Å². The molecule has 0 aromatic heterocycles. The fraction of sp³-hybridized carbons (Fsp3) is 0.316. The molecule has 0 aliphatic carbocycles. The number of sulfonamides is 1. The maximum absolute atomic E-state index is 13.6. The molecule has 2 aromatic carbocycles. The molecule has 0 spiro atoms. The van der Waals surface area contributed by atoms with E-state index < -0.39 is 39.4 Å². The molecular formula is C19H18F3NO4S. The van der Waals surface area contributed by atoms with Gasteiger partial charge >= 0.3 is 5.97 Å². The molecule has 150 valence electrons. The van der Waals surface area contributed by atoms with Gasteiger partial charge in [0.15, 0.2) is 11.6 Å². The lowest BCUT2D eigenvalue weighted by Gasteiger charge is -2.30. The van der Waals surface area contributed by atoms with Crippen molar-refractivity contribution in [1.82, 2.24) is 4.31 Å². The predicted octanol–water partition coefficient (Wildman–Crippen LogP) is 3.25. The normalized spacial score (nSPS) is 16.1. The van der Waals surface area contributed by atoms with Gasteiger partial charge in [-0.15, -0.1) is 0 Å². The minimum Gasteiger partial charge on any atom is -0.460 e. The average molecular weight is 413 g/mol. The van der Waals surface area contributed by atoms with Gasteiger partial charge in [-0.25, -0.2) is 21.6 Å². The van der Waals surface area contributed by atoms with Crippen molar-refractivity contribution in [3.8, 4) is 0 Å². The van der Waals surface area contributed by atoms with Gasteiger partial charge in [0.05, 0.1) is 10.8 Å². The predicted molar refractivity (Wildman–Crippen MR) is 94.0 cm³/mol. The van der Waals surface area contributed by atoms with Crippen LogP contribution in [0.1, 0.15) is 18.4 Å². The number of benzene rings is 2. The van der Waals surface area contributed by atoms with Crippen LogP contribution in [0, 0.1) is 23.4 Å². The minimum atomic E-state index is -3.99. The molecule has 0 saturated carbocycles. The van der Waals surface area contributed by atoms with E-state index in [0.717, 1.165) is 16.4 Å². The Kier molecular flexibility index (Phi) is 6.04. The lowest BCUT2D eigenvalue weighted by Crippen LogP contribution is -2.40. The summed E-state index contributed by atoms with van der Waals surface area (Å²) in [6.07, 6.45) is 0.442. The van der Waals surface area contributed by atoms with Gasteiger partial charge in [0.1, 0.15) is 12.4 Å². The summed E-state index contributed by atoms with van der Waals surface area (Å²) >= 11 is 0. The summed E-state index contributed by atoms with van der Waals surface area (Å²) < 4.78 is 71.3. The highest BCUT2D eigenvalue weighted by Crippen LogP contribution is 2.26. The summed E-state index contributed by atoms with van der Waals surface area (Å²) in [4.78, 5) is 11.8. The second-order valence-corrected chi connectivity index (χ2v) is 8.39. The number of piperidine rings is 1. The molecule has 5 nitrogen and oxygen atoms in total. The Labute approximate surface area is 160 Å². The molecule has 1 aliphatic rings. The van der Waals surface area contributed by atoms with Crippen LogP contribution in [0.25, 0.3) is 0 Å². The van der Waals surface area contributed by atoms with Crippen LogP contribution in [0.15, 0.2) is 47.4 Å². The summed E-state index contributed by atoms with van der Waals surface area (Å²) in [5, 5.41) is 0. The first-order valence-corrected chi connectivity index (χ1v) is 10.1. The smallest absolute Gasteiger partial charge is 0.309 e. The van der Waals surface area contributed by atoms with E-state index in [4.69, 9.17) is 4.74 Å². The Balaban J connectivity index is 1.58. The Morgan fingerprint density at radius 3 is 2.32 bits per heavy atom. The van der Waals surface area contributed by atoms with Gasteiger partial charge in [-0.05, 0) is 37.1 Å². The van der Waals surface area contributed by atoms with Crippen LogP contribution in [-0.4, -0.2) is 31.8 Å². The number of halogens is 3. The van der Waals surface area contributed by atoms with Crippen LogP contribution in [0.5, 0.6) is 0 Å². The molecule has 28 heavy (non-hydrogen) atoms.